The zero-order valence-electron chi connectivity index (χ0n) is 47.6. The molecule has 12 aromatic rings. The number of fused-ring (bicyclic) bond motifs is 3. The van der Waals surface area contributed by atoms with Crippen molar-refractivity contribution in [3.05, 3.63) is 251 Å². The Morgan fingerprint density at radius 1 is 0.356 bits per heavy atom. The Morgan fingerprint density at radius 2 is 0.722 bits per heavy atom. The van der Waals surface area contributed by atoms with Crippen LogP contribution in [0.2, 0.25) is 0 Å². The normalized spacial score (nSPS) is 12.1. The minimum atomic E-state index is -3.63. The van der Waals surface area contributed by atoms with E-state index in [4.69, 9.17) is 0 Å². The molecule has 15 nitrogen and oxygen atoms in total. The average Bonchev–Trinajstić information content (AvgIpc) is 1.32. The summed E-state index contributed by atoms with van der Waals surface area (Å²) in [6, 6.07) is 47.0. The van der Waals surface area contributed by atoms with E-state index in [1.807, 2.05) is 0 Å². The fourth-order valence-corrected chi connectivity index (χ4v) is 12.3. The number of aromatic nitrogens is 6. The smallest absolute Gasteiger partial charge is 0.240 e. The highest BCUT2D eigenvalue weighted by Crippen LogP contribution is 2.33. The van der Waals surface area contributed by atoms with Crippen LogP contribution in [0, 0.1) is 34.9 Å². The van der Waals surface area contributed by atoms with Crippen LogP contribution in [0.5, 0.6) is 0 Å². The number of rotatable bonds is 15. The summed E-state index contributed by atoms with van der Waals surface area (Å²) in [6.45, 7) is 0. The van der Waals surface area contributed by atoms with E-state index in [2.05, 4.69) is 44.1 Å². The minimum Gasteiger partial charge on any atom is -0.338 e. The van der Waals surface area contributed by atoms with Crippen molar-refractivity contribution in [1.29, 1.82) is 0 Å². The van der Waals surface area contributed by atoms with Crippen LogP contribution in [-0.4, -0.2) is 76.3 Å². The summed E-state index contributed by atoms with van der Waals surface area (Å²) in [4.78, 5) is 23.0. The number of hydrogen-bond acceptors (Lipinski definition) is 9. The van der Waals surface area contributed by atoms with Crippen molar-refractivity contribution in [2.75, 3.05) is 21.1 Å². The van der Waals surface area contributed by atoms with E-state index in [9.17, 15) is 51.6 Å². The number of aromatic amines is 3. The van der Waals surface area contributed by atoms with Crippen LogP contribution in [0.15, 0.2) is 197 Å². The summed E-state index contributed by atoms with van der Waals surface area (Å²) in [7, 11) is -6.79. The predicted octanol–water partition coefficient (Wildman–Crippen LogP) is 13.8. The molecule has 0 aliphatic carbocycles. The largest absolute Gasteiger partial charge is 0.338 e. The molecule has 0 radical (unpaired) electrons. The predicted molar refractivity (Wildman–Crippen MR) is 339 cm³/mol. The molecule has 9 aromatic carbocycles. The number of H-pyrrole nitrogens is 3. The van der Waals surface area contributed by atoms with Gasteiger partial charge in [-0.1, -0.05) is 91.0 Å². The molecular formula is C66H51F6N9O6S3. The quantitative estimate of drug-likeness (QED) is 0.0536. The second kappa shape index (κ2) is 26.7. The number of sulfonamides is 3. The molecule has 0 bridgehead atoms. The second-order valence-corrected chi connectivity index (χ2v) is 25.2. The summed E-state index contributed by atoms with van der Waals surface area (Å²) in [6.07, 6.45) is 8.78. The molecule has 90 heavy (non-hydrogen) atoms. The number of benzene rings is 9. The van der Waals surface area contributed by atoms with Gasteiger partial charge in [0.15, 0.2) is 11.6 Å². The fraction of sp³-hybridized carbons (Fsp3) is 0.0455. The van der Waals surface area contributed by atoms with Gasteiger partial charge in [0, 0.05) is 33.4 Å². The van der Waals surface area contributed by atoms with Crippen molar-refractivity contribution < 1.29 is 51.6 Å². The maximum absolute atomic E-state index is 13.8. The molecule has 0 aliphatic heterocycles. The first-order valence-electron chi connectivity index (χ1n) is 27.1. The molecule has 12 rings (SSSR count). The van der Waals surface area contributed by atoms with Gasteiger partial charge >= 0.3 is 0 Å². The van der Waals surface area contributed by atoms with Crippen LogP contribution >= 0.6 is 0 Å². The van der Waals surface area contributed by atoms with Gasteiger partial charge in [-0.2, -0.15) is 0 Å². The number of imidazole rings is 3. The summed E-state index contributed by atoms with van der Waals surface area (Å²) < 4.78 is 163. The molecule has 0 aliphatic rings. The van der Waals surface area contributed by atoms with Gasteiger partial charge < -0.3 is 15.0 Å². The van der Waals surface area contributed by atoms with Crippen molar-refractivity contribution in [2.45, 2.75) is 14.7 Å². The van der Waals surface area contributed by atoms with E-state index in [0.29, 0.717) is 84.0 Å². The van der Waals surface area contributed by atoms with Gasteiger partial charge in [0.2, 0.25) is 30.1 Å². The minimum absolute atomic E-state index is 0.113. The van der Waals surface area contributed by atoms with E-state index in [0.717, 1.165) is 24.3 Å². The lowest BCUT2D eigenvalue weighted by molar-refractivity contribution is 0.507. The van der Waals surface area contributed by atoms with Gasteiger partial charge in [-0.3, -0.25) is 0 Å². The van der Waals surface area contributed by atoms with E-state index >= 15 is 0 Å². The Kier molecular flexibility index (Phi) is 18.7. The van der Waals surface area contributed by atoms with Crippen LogP contribution < -0.4 is 14.2 Å². The topological polar surface area (TPSA) is 225 Å². The molecule has 3 heterocycles. The molecule has 0 spiro atoms. The molecule has 0 amide bonds. The van der Waals surface area contributed by atoms with E-state index in [1.165, 1.54) is 81.8 Å². The van der Waals surface area contributed by atoms with Crippen LogP contribution in [0.4, 0.5) is 26.3 Å². The molecular weight excluding hydrogens is 1220 g/mol. The van der Waals surface area contributed by atoms with Crippen LogP contribution in [0.1, 0.15) is 34.2 Å². The lowest BCUT2D eigenvalue weighted by atomic mass is 10.1. The zero-order valence-corrected chi connectivity index (χ0v) is 50.0. The number of hydrogen-bond donors (Lipinski definition) is 6. The molecule has 456 valence electrons. The molecule has 0 saturated heterocycles. The van der Waals surface area contributed by atoms with Gasteiger partial charge in [-0.15, -0.1) is 0 Å². The second-order valence-electron chi connectivity index (χ2n) is 19.6. The third kappa shape index (κ3) is 14.1. The van der Waals surface area contributed by atoms with Crippen LogP contribution in [0.3, 0.4) is 0 Å². The Hall–Kier alpha value is -10.1. The van der Waals surface area contributed by atoms with Gasteiger partial charge in [-0.05, 0) is 165 Å². The summed E-state index contributed by atoms with van der Waals surface area (Å²) in [5.74, 6) is -2.88. The Balaban J connectivity index is 0.000000148. The molecule has 24 heteroatoms. The van der Waals surface area contributed by atoms with Crippen molar-refractivity contribution in [3.8, 4) is 33.4 Å². The van der Waals surface area contributed by atoms with Crippen LogP contribution in [0.25, 0.3) is 103 Å². The number of halogens is 6. The first-order valence-corrected chi connectivity index (χ1v) is 31.6. The van der Waals surface area contributed by atoms with Gasteiger partial charge in [0.1, 0.15) is 40.7 Å². The van der Waals surface area contributed by atoms with Gasteiger partial charge in [0.25, 0.3) is 0 Å². The van der Waals surface area contributed by atoms with E-state index in [-0.39, 0.29) is 31.4 Å². The highest BCUT2D eigenvalue weighted by Gasteiger charge is 2.21. The fourth-order valence-electron chi connectivity index (χ4n) is 9.44. The highest BCUT2D eigenvalue weighted by atomic mass is 32.2. The summed E-state index contributed by atoms with van der Waals surface area (Å²) in [5.41, 5.74) is 7.83. The number of nitrogens with one attached hydrogen (secondary N) is 6. The maximum atomic E-state index is 13.8. The lowest BCUT2D eigenvalue weighted by Crippen LogP contribution is -2.19. The monoisotopic (exact) mass is 1280 g/mol. The Bertz CT molecular complexity index is 4960. The lowest BCUT2D eigenvalue weighted by Gasteiger charge is -2.09. The van der Waals surface area contributed by atoms with Crippen molar-refractivity contribution in [2.24, 2.45) is 0 Å². The van der Waals surface area contributed by atoms with Crippen molar-refractivity contribution in [3.63, 3.8) is 0 Å². The standard InChI is InChI=1S/3C22H17F2N3O2S/c1-25-30(28,29)20-8-3-2-6-16(20)15-9-11-18-19(13-15)27-21(26-18)12-10-14-5-4-7-17(23)22(14)24;1-25-30(28,29)21-8-3-2-5-15(21)14-9-11-19-20(13-14)27-22(26-19)12-10-16-17(23)6-4-7-18(16)24;1-25-30(28,29)21-5-3-2-4-17(21)14-6-10-19-20(13-14)27-22(26-19)11-7-15-12-16(23)8-9-18(15)24/h3*2-13,25H,1H3,(H,26,27)/b2*12-10+;11-7+. The first kappa shape index (κ1) is 63.0. The first-order chi connectivity index (χ1) is 43.1. The van der Waals surface area contributed by atoms with Crippen molar-refractivity contribution >= 4 is 99.6 Å². The SMILES string of the molecule is CNS(=O)(=O)c1ccccc1-c1ccc2nc(/C=C/c3c(F)cccc3F)[nH]c2c1.CNS(=O)(=O)c1ccccc1-c1ccc2nc(/C=C/c3cc(F)ccc3F)[nH]c2c1.CNS(=O)(=O)c1ccccc1-c1ccc2nc(/C=C/c3cccc(F)c3F)[nH]c2c1. The summed E-state index contributed by atoms with van der Waals surface area (Å²) in [5, 5.41) is 0. The average molecular weight is 1280 g/mol. The molecule has 0 unspecified atom stereocenters. The Morgan fingerprint density at radius 3 is 1.13 bits per heavy atom. The third-order valence-electron chi connectivity index (χ3n) is 14.0. The maximum Gasteiger partial charge on any atom is 0.240 e. The highest BCUT2D eigenvalue weighted by molar-refractivity contribution is 7.90. The molecule has 0 atom stereocenters. The van der Waals surface area contributed by atoms with Crippen molar-refractivity contribution in [1.82, 2.24) is 44.1 Å². The molecule has 6 N–H and O–H groups in total. The van der Waals surface area contributed by atoms with Crippen LogP contribution in [-0.2, 0) is 30.1 Å². The van der Waals surface area contributed by atoms with E-state index < -0.39 is 65.0 Å². The summed E-state index contributed by atoms with van der Waals surface area (Å²) >= 11 is 0. The molecule has 3 aromatic heterocycles. The Labute approximate surface area is 512 Å². The zero-order chi connectivity index (χ0) is 63.9. The van der Waals surface area contributed by atoms with Gasteiger partial charge in [-0.25, -0.2) is 80.7 Å². The third-order valence-corrected chi connectivity index (χ3v) is 18.4. The number of nitrogens with zero attached hydrogens (tertiary/aromatic N) is 3. The molecule has 0 saturated carbocycles. The molecule has 0 fully saturated rings. The van der Waals surface area contributed by atoms with Gasteiger partial charge in [0.05, 0.1) is 47.8 Å². The van der Waals surface area contributed by atoms with E-state index in [1.54, 1.807) is 133 Å².